The third-order valence-corrected chi connectivity index (χ3v) is 4.51. The highest BCUT2D eigenvalue weighted by Crippen LogP contribution is 2.20. The number of carboxylic acids is 1. The van der Waals surface area contributed by atoms with Crippen molar-refractivity contribution in [1.29, 1.82) is 0 Å². The van der Waals surface area contributed by atoms with E-state index in [0.29, 0.717) is 6.42 Å². The third-order valence-electron chi connectivity index (χ3n) is 4.51. The second kappa shape index (κ2) is 19.0. The Hall–Kier alpha value is -3.47. The molecule has 0 saturated heterocycles. The van der Waals surface area contributed by atoms with Crippen molar-refractivity contribution in [2.45, 2.75) is 58.3 Å². The summed E-state index contributed by atoms with van der Waals surface area (Å²) in [6.07, 6.45) is 31.4. The minimum atomic E-state index is -1.28. The Morgan fingerprint density at radius 1 is 0.794 bits per heavy atom. The van der Waals surface area contributed by atoms with Crippen LogP contribution in [0.3, 0.4) is 0 Å². The van der Waals surface area contributed by atoms with Gasteiger partial charge in [0.15, 0.2) is 0 Å². The van der Waals surface area contributed by atoms with Crippen molar-refractivity contribution in [2.75, 3.05) is 0 Å². The minimum absolute atomic E-state index is 0.0811. The molecule has 0 saturated carbocycles. The zero-order chi connectivity index (χ0) is 24.9. The van der Waals surface area contributed by atoms with E-state index in [1.165, 1.54) is 0 Å². The van der Waals surface area contributed by atoms with Crippen LogP contribution in [0.15, 0.2) is 91.1 Å². The van der Waals surface area contributed by atoms with Crippen molar-refractivity contribution >= 4 is 11.9 Å². The van der Waals surface area contributed by atoms with Crippen LogP contribution in [0.4, 0.5) is 4.39 Å². The van der Waals surface area contributed by atoms with Gasteiger partial charge in [-0.15, -0.1) is 0 Å². The lowest BCUT2D eigenvalue weighted by Crippen LogP contribution is -2.11. The molecule has 0 heterocycles. The normalized spacial score (nSPS) is 12.4. The summed E-state index contributed by atoms with van der Waals surface area (Å²) in [7, 11) is 0. The number of aromatic carboxylic acids is 1. The molecule has 0 aliphatic rings. The fourth-order valence-electron chi connectivity index (χ4n) is 2.77. The Balaban J connectivity index is 2.14. The first-order valence-corrected chi connectivity index (χ1v) is 11.7. The molecule has 0 bridgehead atoms. The molecule has 1 rings (SSSR count). The van der Waals surface area contributed by atoms with Gasteiger partial charge < -0.3 is 9.84 Å². The van der Waals surface area contributed by atoms with E-state index in [4.69, 9.17) is 9.84 Å². The third kappa shape index (κ3) is 14.6. The Kier molecular flexibility index (Phi) is 16.0. The van der Waals surface area contributed by atoms with E-state index >= 15 is 0 Å². The summed E-state index contributed by atoms with van der Waals surface area (Å²) < 4.78 is 18.3. The Bertz CT molecular complexity index is 920. The summed E-state index contributed by atoms with van der Waals surface area (Å²) in [5.74, 6) is -2.82. The highest BCUT2D eigenvalue weighted by molar-refractivity contribution is 5.92. The maximum Gasteiger partial charge on any atom is 0.339 e. The van der Waals surface area contributed by atoms with Gasteiger partial charge in [0.25, 0.3) is 0 Å². The Morgan fingerprint density at radius 3 is 1.74 bits per heavy atom. The van der Waals surface area contributed by atoms with Crippen LogP contribution in [0.25, 0.3) is 0 Å². The quantitative estimate of drug-likeness (QED) is 0.153. The second-order valence-electron chi connectivity index (χ2n) is 7.37. The highest BCUT2D eigenvalue weighted by atomic mass is 19.1. The Morgan fingerprint density at radius 2 is 1.26 bits per heavy atom. The largest absolute Gasteiger partial charge is 0.478 e. The molecule has 0 amide bonds. The molecule has 0 atom stereocenters. The predicted molar refractivity (Wildman–Crippen MR) is 136 cm³/mol. The van der Waals surface area contributed by atoms with Gasteiger partial charge in [-0.05, 0) is 57.1 Å². The number of esters is 1. The van der Waals surface area contributed by atoms with Crippen molar-refractivity contribution < 1.29 is 23.8 Å². The van der Waals surface area contributed by atoms with Crippen LogP contribution in [-0.4, -0.2) is 17.0 Å². The predicted octanol–water partition coefficient (Wildman–Crippen LogP) is 7.91. The molecule has 0 aliphatic heterocycles. The molecule has 0 aromatic heterocycles. The number of rotatable bonds is 16. The van der Waals surface area contributed by atoms with E-state index in [2.05, 4.69) is 67.7 Å². The monoisotopic (exact) mass is 466 g/mol. The van der Waals surface area contributed by atoms with Crippen molar-refractivity contribution in [3.8, 4) is 5.75 Å². The average molecular weight is 467 g/mol. The maximum absolute atomic E-state index is 13.3. The first-order valence-electron chi connectivity index (χ1n) is 11.7. The molecule has 1 aromatic rings. The topological polar surface area (TPSA) is 63.6 Å². The van der Waals surface area contributed by atoms with Crippen molar-refractivity contribution in [3.63, 3.8) is 0 Å². The van der Waals surface area contributed by atoms with Crippen molar-refractivity contribution in [2.24, 2.45) is 0 Å². The lowest BCUT2D eigenvalue weighted by atomic mass is 10.2. The van der Waals surface area contributed by atoms with Gasteiger partial charge in [0.2, 0.25) is 0 Å². The molecule has 5 heteroatoms. The van der Waals surface area contributed by atoms with E-state index < -0.39 is 17.8 Å². The number of hydrogen-bond donors (Lipinski definition) is 1. The van der Waals surface area contributed by atoms with Gasteiger partial charge in [-0.25, -0.2) is 9.18 Å². The summed E-state index contributed by atoms with van der Waals surface area (Å²) in [5.41, 5.74) is -0.247. The summed E-state index contributed by atoms with van der Waals surface area (Å²) in [4.78, 5) is 23.0. The Labute approximate surface area is 202 Å². The van der Waals surface area contributed by atoms with Gasteiger partial charge >= 0.3 is 11.9 Å². The summed E-state index contributed by atoms with van der Waals surface area (Å²) in [6, 6.07) is 2.99. The number of halogens is 1. The number of carbonyl (C=O) groups is 2. The number of benzene rings is 1. The molecule has 0 aliphatic carbocycles. The number of carbonyl (C=O) groups excluding carboxylic acids is 1. The fraction of sp³-hybridized carbons (Fsp3) is 0.310. The van der Waals surface area contributed by atoms with Crippen LogP contribution in [0.5, 0.6) is 5.75 Å². The molecule has 1 N–H and O–H groups in total. The van der Waals surface area contributed by atoms with Crippen LogP contribution in [0.2, 0.25) is 0 Å². The smallest absolute Gasteiger partial charge is 0.339 e. The highest BCUT2D eigenvalue weighted by Gasteiger charge is 2.15. The molecule has 0 radical (unpaired) electrons. The van der Waals surface area contributed by atoms with Crippen LogP contribution >= 0.6 is 0 Å². The van der Waals surface area contributed by atoms with E-state index in [-0.39, 0.29) is 17.7 Å². The standard InChI is InChI=1S/C29H35FO4/c1-2-3-4-5-6-7-8-9-10-11-12-13-14-15-16-17-18-19-20-21-28(31)34-27-24-25(30)22-23-26(27)29(32)33/h3-4,6-7,9-10,12-13,15-16,18-19,22-24H,2,5,8,11,14,17,20-21H2,1H3,(H,32,33)/b4-3-,7-6-,10-9-,13-12-,16-15-,19-18-. The van der Waals surface area contributed by atoms with E-state index in [1.807, 2.05) is 12.2 Å². The molecule has 0 unspecified atom stereocenters. The molecule has 0 fully saturated rings. The van der Waals surface area contributed by atoms with Crippen LogP contribution in [0, 0.1) is 5.82 Å². The lowest BCUT2D eigenvalue weighted by molar-refractivity contribution is -0.134. The van der Waals surface area contributed by atoms with Crippen LogP contribution < -0.4 is 4.74 Å². The lowest BCUT2D eigenvalue weighted by Gasteiger charge is -2.06. The number of ether oxygens (including phenoxy) is 1. The average Bonchev–Trinajstić information content (AvgIpc) is 2.80. The van der Waals surface area contributed by atoms with E-state index in [0.717, 1.165) is 56.7 Å². The van der Waals surface area contributed by atoms with Gasteiger partial charge in [0, 0.05) is 12.5 Å². The number of carboxylic acid groups (broad SMARTS) is 1. The molecule has 4 nitrogen and oxygen atoms in total. The summed E-state index contributed by atoms with van der Waals surface area (Å²) in [6.45, 7) is 2.13. The molecule has 34 heavy (non-hydrogen) atoms. The summed E-state index contributed by atoms with van der Waals surface area (Å²) >= 11 is 0. The SMILES string of the molecule is CC/C=C\C/C=C\C/C=C\C/C=C\C/C=C\C/C=C\CCC(=O)Oc1cc(F)ccc1C(=O)O. The molecule has 0 spiro atoms. The van der Waals surface area contributed by atoms with Gasteiger partial charge in [-0.1, -0.05) is 79.8 Å². The first kappa shape index (κ1) is 28.6. The zero-order valence-corrected chi connectivity index (χ0v) is 19.9. The van der Waals surface area contributed by atoms with Gasteiger partial charge in [0.1, 0.15) is 17.1 Å². The van der Waals surface area contributed by atoms with Crippen molar-refractivity contribution in [3.05, 3.63) is 102 Å². The molecular weight excluding hydrogens is 431 g/mol. The van der Waals surface area contributed by atoms with Gasteiger partial charge in [0.05, 0.1) is 0 Å². The van der Waals surface area contributed by atoms with Crippen molar-refractivity contribution in [1.82, 2.24) is 0 Å². The fourth-order valence-corrected chi connectivity index (χ4v) is 2.77. The zero-order valence-electron chi connectivity index (χ0n) is 19.9. The number of allylic oxidation sites excluding steroid dienone is 12. The summed E-state index contributed by atoms with van der Waals surface area (Å²) in [5, 5.41) is 9.07. The van der Waals surface area contributed by atoms with E-state index in [1.54, 1.807) is 0 Å². The minimum Gasteiger partial charge on any atom is -0.478 e. The van der Waals surface area contributed by atoms with Crippen LogP contribution in [0.1, 0.15) is 68.6 Å². The molecule has 182 valence electrons. The van der Waals surface area contributed by atoms with E-state index in [9.17, 15) is 14.0 Å². The number of hydrogen-bond acceptors (Lipinski definition) is 3. The maximum atomic E-state index is 13.3. The second-order valence-corrected chi connectivity index (χ2v) is 7.37. The van der Waals surface area contributed by atoms with Gasteiger partial charge in [-0.2, -0.15) is 0 Å². The first-order chi connectivity index (χ1) is 16.5. The van der Waals surface area contributed by atoms with Gasteiger partial charge in [-0.3, -0.25) is 4.79 Å². The van der Waals surface area contributed by atoms with Crippen LogP contribution in [-0.2, 0) is 4.79 Å². The molecule has 1 aromatic carbocycles. The molecular formula is C29H35FO4.